The molecule has 0 bridgehead atoms. The summed E-state index contributed by atoms with van der Waals surface area (Å²) in [6.45, 7) is 3.72. The molecule has 0 aromatic heterocycles. The molecule has 0 aliphatic heterocycles. The molecule has 0 nitrogen and oxygen atoms in total. The molecule has 0 N–H and O–H groups in total. The highest BCUT2D eigenvalue weighted by Crippen LogP contribution is 2.26. The molecule has 0 spiro atoms. The molecule has 0 amide bonds. The zero-order valence-corrected chi connectivity index (χ0v) is 8.00. The first-order valence-electron chi connectivity index (χ1n) is 4.55. The van der Waals surface area contributed by atoms with Gasteiger partial charge in [-0.1, -0.05) is 30.3 Å². The highest BCUT2D eigenvalue weighted by Gasteiger charge is 2.10. The summed E-state index contributed by atoms with van der Waals surface area (Å²) in [4.78, 5) is 0. The zero-order valence-electron chi connectivity index (χ0n) is 8.00. The molecule has 0 fully saturated rings. The van der Waals surface area contributed by atoms with Crippen LogP contribution in [0.1, 0.15) is 5.56 Å². The van der Waals surface area contributed by atoms with E-state index in [0.717, 1.165) is 5.56 Å². The van der Waals surface area contributed by atoms with Crippen LogP contribution < -0.4 is 0 Å². The fourth-order valence-corrected chi connectivity index (χ4v) is 1.50. The topological polar surface area (TPSA) is 0 Å². The summed E-state index contributed by atoms with van der Waals surface area (Å²) in [5.74, 6) is -1.11. The lowest BCUT2D eigenvalue weighted by molar-refractivity contribution is 0.589. The van der Waals surface area contributed by atoms with Crippen LogP contribution in [0.4, 0.5) is 8.78 Å². The van der Waals surface area contributed by atoms with Crippen LogP contribution in [-0.4, -0.2) is 0 Å². The highest BCUT2D eigenvalue weighted by atomic mass is 19.1. The van der Waals surface area contributed by atoms with Crippen molar-refractivity contribution < 1.29 is 8.78 Å². The number of rotatable bonds is 1. The van der Waals surface area contributed by atoms with Gasteiger partial charge in [-0.25, -0.2) is 8.78 Å². The number of hydrogen-bond donors (Lipinski definition) is 0. The Morgan fingerprint density at radius 1 is 0.867 bits per heavy atom. The van der Waals surface area contributed by atoms with E-state index in [0.29, 0.717) is 5.56 Å². The van der Waals surface area contributed by atoms with Crippen LogP contribution >= 0.6 is 0 Å². The SMILES string of the molecule is [CH2]c1cccc(-c2c(F)cccc2F)c1. The van der Waals surface area contributed by atoms with Gasteiger partial charge in [0.25, 0.3) is 0 Å². The van der Waals surface area contributed by atoms with Crippen molar-refractivity contribution in [1.29, 1.82) is 0 Å². The lowest BCUT2D eigenvalue weighted by Gasteiger charge is -2.05. The van der Waals surface area contributed by atoms with Gasteiger partial charge in [-0.15, -0.1) is 0 Å². The van der Waals surface area contributed by atoms with Crippen LogP contribution in [0.3, 0.4) is 0 Å². The van der Waals surface area contributed by atoms with Crippen molar-refractivity contribution in [3.63, 3.8) is 0 Å². The molecule has 0 saturated heterocycles. The van der Waals surface area contributed by atoms with Gasteiger partial charge in [-0.3, -0.25) is 0 Å². The van der Waals surface area contributed by atoms with Gasteiger partial charge >= 0.3 is 0 Å². The monoisotopic (exact) mass is 203 g/mol. The summed E-state index contributed by atoms with van der Waals surface area (Å²) in [6, 6.07) is 10.7. The lowest BCUT2D eigenvalue weighted by Crippen LogP contribution is -1.89. The van der Waals surface area contributed by atoms with Gasteiger partial charge in [0.1, 0.15) is 11.6 Å². The molecule has 2 rings (SSSR count). The van der Waals surface area contributed by atoms with E-state index >= 15 is 0 Å². The van der Waals surface area contributed by atoms with Crippen molar-refractivity contribution in [2.45, 2.75) is 0 Å². The van der Waals surface area contributed by atoms with E-state index in [2.05, 4.69) is 6.92 Å². The molecule has 2 heteroatoms. The van der Waals surface area contributed by atoms with Crippen molar-refractivity contribution in [3.05, 3.63) is 66.6 Å². The predicted molar refractivity (Wildman–Crippen MR) is 56.3 cm³/mol. The third-order valence-corrected chi connectivity index (χ3v) is 2.18. The first-order valence-corrected chi connectivity index (χ1v) is 4.55. The molecule has 2 aromatic carbocycles. The van der Waals surface area contributed by atoms with Gasteiger partial charge in [0.2, 0.25) is 0 Å². The van der Waals surface area contributed by atoms with E-state index in [1.165, 1.54) is 18.2 Å². The van der Waals surface area contributed by atoms with Gasteiger partial charge in [0.15, 0.2) is 0 Å². The summed E-state index contributed by atoms with van der Waals surface area (Å²) in [5.41, 5.74) is 1.25. The van der Waals surface area contributed by atoms with E-state index in [1.54, 1.807) is 24.3 Å². The number of halogens is 2. The van der Waals surface area contributed by atoms with Gasteiger partial charge in [0.05, 0.1) is 5.56 Å². The Morgan fingerprint density at radius 2 is 1.47 bits per heavy atom. The fraction of sp³-hybridized carbons (Fsp3) is 0. The standard InChI is InChI=1S/C13H9F2/c1-9-4-2-5-10(8-9)13-11(14)6-3-7-12(13)15/h2-8H,1H2. The third kappa shape index (κ3) is 1.89. The summed E-state index contributed by atoms with van der Waals surface area (Å²) in [5, 5.41) is 0. The Hall–Kier alpha value is -1.70. The first kappa shape index (κ1) is 9.84. The molecular weight excluding hydrogens is 194 g/mol. The van der Waals surface area contributed by atoms with Crippen molar-refractivity contribution in [2.24, 2.45) is 0 Å². The summed E-state index contributed by atoms with van der Waals surface area (Å²) >= 11 is 0. The molecule has 0 heterocycles. The molecule has 0 aliphatic carbocycles. The molecular formula is C13H9F2. The number of benzene rings is 2. The minimum atomic E-state index is -0.555. The van der Waals surface area contributed by atoms with Crippen LogP contribution in [0.25, 0.3) is 11.1 Å². The molecule has 75 valence electrons. The molecule has 0 atom stereocenters. The summed E-state index contributed by atoms with van der Waals surface area (Å²) in [6.07, 6.45) is 0. The minimum Gasteiger partial charge on any atom is -0.206 e. The molecule has 1 radical (unpaired) electrons. The van der Waals surface area contributed by atoms with Crippen molar-refractivity contribution >= 4 is 0 Å². The van der Waals surface area contributed by atoms with Crippen LogP contribution in [0.5, 0.6) is 0 Å². The third-order valence-electron chi connectivity index (χ3n) is 2.18. The smallest absolute Gasteiger partial charge is 0.133 e. The van der Waals surface area contributed by atoms with Crippen LogP contribution in [0, 0.1) is 18.6 Å². The molecule has 15 heavy (non-hydrogen) atoms. The van der Waals surface area contributed by atoms with Crippen LogP contribution in [0.15, 0.2) is 42.5 Å². The molecule has 0 unspecified atom stereocenters. The van der Waals surface area contributed by atoms with E-state index in [4.69, 9.17) is 0 Å². The molecule has 2 aromatic rings. The fourth-order valence-electron chi connectivity index (χ4n) is 1.50. The van der Waals surface area contributed by atoms with E-state index in [-0.39, 0.29) is 5.56 Å². The van der Waals surface area contributed by atoms with E-state index < -0.39 is 11.6 Å². The second-order valence-corrected chi connectivity index (χ2v) is 3.30. The average Bonchev–Trinajstić information content (AvgIpc) is 2.17. The quantitative estimate of drug-likeness (QED) is 0.661. The van der Waals surface area contributed by atoms with Crippen molar-refractivity contribution in [3.8, 4) is 11.1 Å². The maximum atomic E-state index is 13.4. The highest BCUT2D eigenvalue weighted by molar-refractivity contribution is 5.65. The van der Waals surface area contributed by atoms with E-state index in [9.17, 15) is 8.78 Å². The second kappa shape index (κ2) is 3.81. The van der Waals surface area contributed by atoms with Gasteiger partial charge in [-0.05, 0) is 30.2 Å². The maximum Gasteiger partial charge on any atom is 0.133 e. The Bertz CT molecular complexity index is 469. The first-order chi connectivity index (χ1) is 7.18. The van der Waals surface area contributed by atoms with Gasteiger partial charge in [-0.2, -0.15) is 0 Å². The summed E-state index contributed by atoms with van der Waals surface area (Å²) < 4.78 is 26.8. The van der Waals surface area contributed by atoms with Crippen molar-refractivity contribution in [2.75, 3.05) is 0 Å². The molecule has 0 saturated carbocycles. The Kier molecular flexibility index (Phi) is 2.50. The second-order valence-electron chi connectivity index (χ2n) is 3.30. The van der Waals surface area contributed by atoms with Gasteiger partial charge in [0, 0.05) is 0 Å². The van der Waals surface area contributed by atoms with Crippen LogP contribution in [-0.2, 0) is 0 Å². The Morgan fingerprint density at radius 3 is 2.07 bits per heavy atom. The van der Waals surface area contributed by atoms with Crippen LogP contribution in [0.2, 0.25) is 0 Å². The normalized spacial score (nSPS) is 10.3. The number of hydrogen-bond acceptors (Lipinski definition) is 0. The average molecular weight is 203 g/mol. The Labute approximate surface area is 87.2 Å². The van der Waals surface area contributed by atoms with E-state index in [1.807, 2.05) is 0 Å². The predicted octanol–water partition coefficient (Wildman–Crippen LogP) is 3.81. The van der Waals surface area contributed by atoms with Crippen molar-refractivity contribution in [1.82, 2.24) is 0 Å². The largest absolute Gasteiger partial charge is 0.206 e. The molecule has 0 aliphatic rings. The Balaban J connectivity index is 2.63. The maximum absolute atomic E-state index is 13.4. The zero-order chi connectivity index (χ0) is 10.8. The minimum absolute atomic E-state index is 0.00278. The van der Waals surface area contributed by atoms with Gasteiger partial charge < -0.3 is 0 Å². The lowest BCUT2D eigenvalue weighted by atomic mass is 10.0. The summed E-state index contributed by atoms with van der Waals surface area (Å²) in [7, 11) is 0.